The summed E-state index contributed by atoms with van der Waals surface area (Å²) in [7, 11) is 0. The second-order valence-electron chi connectivity index (χ2n) is 11.7. The minimum atomic E-state index is -1.07. The number of carboxylic acid groups (broad SMARTS) is 2. The molecule has 1 aliphatic heterocycles. The van der Waals surface area contributed by atoms with E-state index in [0.717, 1.165) is 11.1 Å². The van der Waals surface area contributed by atoms with Gasteiger partial charge in [0.1, 0.15) is 0 Å². The third-order valence-electron chi connectivity index (χ3n) is 7.86. The van der Waals surface area contributed by atoms with E-state index < -0.39 is 11.9 Å². The molecule has 4 bridgehead atoms. The highest BCUT2D eigenvalue weighted by atomic mass is 16.4. The van der Waals surface area contributed by atoms with Crippen molar-refractivity contribution in [3.63, 3.8) is 0 Å². The number of benzene rings is 2. The molecule has 48 heavy (non-hydrogen) atoms. The van der Waals surface area contributed by atoms with E-state index in [2.05, 4.69) is 0 Å². The van der Waals surface area contributed by atoms with Gasteiger partial charge in [-0.15, -0.1) is 0 Å². The Morgan fingerprint density at radius 3 is 1.31 bits per heavy atom. The Kier molecular flexibility index (Phi) is 11.6. The van der Waals surface area contributed by atoms with Crippen molar-refractivity contribution in [1.82, 2.24) is 29.6 Å². The fourth-order valence-electron chi connectivity index (χ4n) is 5.61. The van der Waals surface area contributed by atoms with Crippen LogP contribution in [0.3, 0.4) is 0 Å². The number of fused-ring (bicyclic) bond motifs is 5. The summed E-state index contributed by atoms with van der Waals surface area (Å²) >= 11 is 0. The number of amides is 2. The average Bonchev–Trinajstić information content (AvgIpc) is 3.06. The van der Waals surface area contributed by atoms with Gasteiger partial charge in [-0.05, 0) is 35.4 Å². The van der Waals surface area contributed by atoms with Crippen LogP contribution in [0.25, 0.3) is 11.4 Å². The summed E-state index contributed by atoms with van der Waals surface area (Å²) in [6.45, 7) is -0.0421. The lowest BCUT2D eigenvalue weighted by molar-refractivity contribution is -0.143. The largest absolute Gasteiger partial charge is 0.480 e. The highest BCUT2D eigenvalue weighted by Gasteiger charge is 2.25. The maximum absolute atomic E-state index is 13.9. The molecule has 2 amide bonds. The number of hydrogen-bond donors (Lipinski definition) is 2. The Bertz CT molecular complexity index is 1590. The fourth-order valence-corrected chi connectivity index (χ4v) is 5.61. The van der Waals surface area contributed by atoms with E-state index >= 15 is 0 Å². The van der Waals surface area contributed by atoms with Gasteiger partial charge in [-0.2, -0.15) is 0 Å². The Balaban J connectivity index is 1.54. The molecule has 2 aromatic carbocycles. The van der Waals surface area contributed by atoms with Crippen molar-refractivity contribution < 1.29 is 29.4 Å². The lowest BCUT2D eigenvalue weighted by Gasteiger charge is -2.31. The van der Waals surface area contributed by atoms with E-state index in [9.17, 15) is 29.4 Å². The zero-order valence-electron chi connectivity index (χ0n) is 26.5. The number of pyridine rings is 2. The van der Waals surface area contributed by atoms with Crippen molar-refractivity contribution in [3.05, 3.63) is 120 Å². The van der Waals surface area contributed by atoms with E-state index in [0.29, 0.717) is 22.8 Å². The van der Waals surface area contributed by atoms with Gasteiger partial charge in [-0.3, -0.25) is 29.0 Å². The molecule has 0 spiro atoms. The number of carbonyl (C=O) groups excluding carboxylic acids is 2. The van der Waals surface area contributed by atoms with Gasteiger partial charge in [0.05, 0.1) is 49.0 Å². The molecule has 0 atom stereocenters. The first kappa shape index (κ1) is 33.9. The first-order chi connectivity index (χ1) is 23.2. The van der Waals surface area contributed by atoms with E-state index in [-0.39, 0.29) is 77.3 Å². The second-order valence-corrected chi connectivity index (χ2v) is 11.7. The maximum Gasteiger partial charge on any atom is 0.317 e. The molecule has 0 aliphatic carbocycles. The predicted molar refractivity (Wildman–Crippen MR) is 177 cm³/mol. The summed E-state index contributed by atoms with van der Waals surface area (Å²) in [5, 5.41) is 19.4. The Morgan fingerprint density at radius 1 is 0.542 bits per heavy atom. The van der Waals surface area contributed by atoms with Crippen LogP contribution < -0.4 is 0 Å². The highest BCUT2D eigenvalue weighted by Crippen LogP contribution is 2.18. The second kappa shape index (κ2) is 16.4. The van der Waals surface area contributed by atoms with Crippen LogP contribution in [0, 0.1) is 0 Å². The molecular weight excluding hydrogens is 612 g/mol. The van der Waals surface area contributed by atoms with Gasteiger partial charge in [-0.25, -0.2) is 9.97 Å². The molecule has 3 heterocycles. The van der Waals surface area contributed by atoms with Crippen LogP contribution >= 0.6 is 0 Å². The third kappa shape index (κ3) is 10.0. The zero-order chi connectivity index (χ0) is 33.9. The Labute approximate surface area is 278 Å². The smallest absolute Gasteiger partial charge is 0.317 e. The molecule has 5 rings (SSSR count). The number of carbonyl (C=O) groups is 4. The standard InChI is InChI=1S/C36H38N6O6/c43-33-23-39(25-35(45)46)21-29-13-7-15-31(37-29)32-16-8-14-30(38-32)22-40(26-36(47)48)24-34(44)42(20-28-11-5-2-6-12-28)18-17-41(33)19-27-9-3-1-4-10-27/h1-16H,17-26H2,(H,45,46)(H,47,48). The van der Waals surface area contributed by atoms with Crippen LogP contribution in [0.15, 0.2) is 97.1 Å². The minimum Gasteiger partial charge on any atom is -0.480 e. The molecule has 0 saturated carbocycles. The summed E-state index contributed by atoms with van der Waals surface area (Å²) in [4.78, 5) is 67.4. The first-order valence-electron chi connectivity index (χ1n) is 15.7. The van der Waals surface area contributed by atoms with Gasteiger partial charge >= 0.3 is 11.9 Å². The molecule has 0 unspecified atom stereocenters. The maximum atomic E-state index is 13.9. The van der Waals surface area contributed by atoms with Crippen LogP contribution in [-0.4, -0.2) is 103 Å². The number of aliphatic carboxylic acids is 2. The number of hydrogen-bond acceptors (Lipinski definition) is 8. The monoisotopic (exact) mass is 650 g/mol. The topological polar surface area (TPSA) is 147 Å². The van der Waals surface area contributed by atoms with Gasteiger partial charge in [0.25, 0.3) is 0 Å². The molecule has 0 fully saturated rings. The summed E-state index contributed by atoms with van der Waals surface area (Å²) in [5.74, 6) is -2.75. The summed E-state index contributed by atoms with van der Waals surface area (Å²) in [5.41, 5.74) is 3.98. The van der Waals surface area contributed by atoms with Gasteiger partial charge in [0, 0.05) is 39.3 Å². The summed E-state index contributed by atoms with van der Waals surface area (Å²) in [6, 6.07) is 29.6. The SMILES string of the molecule is O=C(O)CN1CC(=O)N(Cc2ccccc2)CCN(Cc2ccccc2)C(=O)CN(CC(=O)O)Cc2cccc(n2)-c2cccc(n2)C1. The van der Waals surface area contributed by atoms with Crippen molar-refractivity contribution in [2.45, 2.75) is 26.2 Å². The lowest BCUT2D eigenvalue weighted by atomic mass is 10.2. The average molecular weight is 651 g/mol. The molecule has 4 aromatic rings. The van der Waals surface area contributed by atoms with Gasteiger partial charge in [-0.1, -0.05) is 72.8 Å². The molecule has 12 nitrogen and oxygen atoms in total. The molecule has 1 aliphatic rings. The van der Waals surface area contributed by atoms with Crippen molar-refractivity contribution >= 4 is 23.8 Å². The van der Waals surface area contributed by atoms with Crippen LogP contribution in [0.4, 0.5) is 0 Å². The van der Waals surface area contributed by atoms with Crippen molar-refractivity contribution in [1.29, 1.82) is 0 Å². The highest BCUT2D eigenvalue weighted by molar-refractivity contribution is 5.80. The van der Waals surface area contributed by atoms with Gasteiger partial charge < -0.3 is 20.0 Å². The van der Waals surface area contributed by atoms with Crippen molar-refractivity contribution in [3.8, 4) is 11.4 Å². The van der Waals surface area contributed by atoms with Crippen LogP contribution in [0.1, 0.15) is 22.5 Å². The summed E-state index contributed by atoms with van der Waals surface area (Å²) < 4.78 is 0. The van der Waals surface area contributed by atoms with Gasteiger partial charge in [0.15, 0.2) is 0 Å². The molecule has 0 saturated heterocycles. The first-order valence-corrected chi connectivity index (χ1v) is 15.7. The third-order valence-corrected chi connectivity index (χ3v) is 7.86. The van der Waals surface area contributed by atoms with E-state index in [1.807, 2.05) is 60.7 Å². The number of aromatic nitrogens is 2. The minimum absolute atomic E-state index is 0.107. The van der Waals surface area contributed by atoms with Crippen molar-refractivity contribution in [2.24, 2.45) is 0 Å². The molecule has 2 N–H and O–H groups in total. The number of nitrogens with zero attached hydrogens (tertiary/aromatic N) is 6. The normalized spacial score (nSPS) is 15.5. The van der Waals surface area contributed by atoms with E-state index in [4.69, 9.17) is 9.97 Å². The zero-order valence-corrected chi connectivity index (χ0v) is 26.5. The number of rotatable bonds is 8. The van der Waals surface area contributed by atoms with Crippen LogP contribution in [0.5, 0.6) is 0 Å². The van der Waals surface area contributed by atoms with Gasteiger partial charge in [0.2, 0.25) is 11.8 Å². The molecule has 12 heteroatoms. The molecule has 0 radical (unpaired) electrons. The summed E-state index contributed by atoms with van der Waals surface area (Å²) in [6.07, 6.45) is 0. The molecule has 248 valence electrons. The van der Waals surface area contributed by atoms with E-state index in [1.165, 1.54) is 0 Å². The predicted octanol–water partition coefficient (Wildman–Crippen LogP) is 2.99. The molecular formula is C36H38N6O6. The van der Waals surface area contributed by atoms with Crippen molar-refractivity contribution in [2.75, 3.05) is 39.3 Å². The van der Waals surface area contributed by atoms with Crippen LogP contribution in [0.2, 0.25) is 0 Å². The number of carboxylic acids is 2. The Morgan fingerprint density at radius 2 is 0.938 bits per heavy atom. The van der Waals surface area contributed by atoms with Crippen LogP contribution in [-0.2, 0) is 45.4 Å². The van der Waals surface area contributed by atoms with E-state index in [1.54, 1.807) is 56.0 Å². The quantitative estimate of drug-likeness (QED) is 0.292. The Hall–Kier alpha value is -5.46. The molecule has 2 aromatic heterocycles. The lowest BCUT2D eigenvalue weighted by Crippen LogP contribution is -2.47. The fraction of sp³-hybridized carbons (Fsp3) is 0.278.